The summed E-state index contributed by atoms with van der Waals surface area (Å²) in [7, 11) is -3.78. The number of nitrogens with one attached hydrogen (secondary N) is 2. The Labute approximate surface area is 246 Å². The van der Waals surface area contributed by atoms with Gasteiger partial charge in [0.1, 0.15) is 0 Å². The van der Waals surface area contributed by atoms with Gasteiger partial charge in [0.15, 0.2) is 0 Å². The monoisotopic (exact) mass is 587 g/mol. The fourth-order valence-electron chi connectivity index (χ4n) is 5.42. The summed E-state index contributed by atoms with van der Waals surface area (Å²) in [6.45, 7) is 17.3. The molecule has 1 amide bonds. The molecule has 0 unspecified atom stereocenters. The minimum absolute atomic E-state index is 0.00521. The first-order chi connectivity index (χ1) is 18.7. The van der Waals surface area contributed by atoms with Crippen LogP contribution in [-0.2, 0) is 26.8 Å². The molecule has 1 aliphatic carbocycles. The van der Waals surface area contributed by atoms with Crippen LogP contribution in [0.5, 0.6) is 0 Å². The first-order valence-corrected chi connectivity index (χ1v) is 16.1. The maximum atomic E-state index is 13.4. The predicted molar refractivity (Wildman–Crippen MR) is 164 cm³/mol. The number of nitrogens with zero attached hydrogens (tertiary/aromatic N) is 1. The Bertz CT molecular complexity index is 1390. The van der Waals surface area contributed by atoms with Crippen LogP contribution in [0.15, 0.2) is 29.2 Å². The minimum atomic E-state index is -3.78. The van der Waals surface area contributed by atoms with Crippen molar-refractivity contribution >= 4 is 21.9 Å². The fourth-order valence-corrected chi connectivity index (χ4v) is 7.24. The highest BCUT2D eigenvalue weighted by Gasteiger charge is 2.31. The van der Waals surface area contributed by atoms with E-state index in [-0.39, 0.29) is 17.3 Å². The Morgan fingerprint density at radius 2 is 1.59 bits per heavy atom. The number of aromatic nitrogens is 1. The van der Waals surface area contributed by atoms with Crippen LogP contribution in [-0.4, -0.2) is 42.1 Å². The van der Waals surface area contributed by atoms with Crippen LogP contribution >= 0.6 is 0 Å². The lowest BCUT2D eigenvalue weighted by Crippen LogP contribution is -2.41. The van der Waals surface area contributed by atoms with Gasteiger partial charge in [-0.1, -0.05) is 46.1 Å². The van der Waals surface area contributed by atoms with E-state index in [1.165, 1.54) is 19.3 Å². The van der Waals surface area contributed by atoms with E-state index in [1.54, 1.807) is 19.9 Å². The third-order valence-corrected chi connectivity index (χ3v) is 9.68. The molecule has 228 valence electrons. The molecule has 2 aromatic rings. The van der Waals surface area contributed by atoms with Crippen LogP contribution < -0.4 is 10.0 Å². The van der Waals surface area contributed by atoms with E-state index < -0.39 is 32.4 Å². The molecule has 0 spiro atoms. The lowest BCUT2D eigenvalue weighted by Gasteiger charge is -2.27. The van der Waals surface area contributed by atoms with Crippen LogP contribution in [0, 0.1) is 18.3 Å². The molecule has 8 nitrogen and oxygen atoms in total. The summed E-state index contributed by atoms with van der Waals surface area (Å²) in [5, 5.41) is 12.3. The Hall–Kier alpha value is -2.65. The molecule has 1 aliphatic rings. The quantitative estimate of drug-likeness (QED) is 0.320. The number of amides is 1. The van der Waals surface area contributed by atoms with Gasteiger partial charge in [-0.05, 0) is 95.0 Å². The molecule has 41 heavy (non-hydrogen) atoms. The van der Waals surface area contributed by atoms with Crippen molar-refractivity contribution in [1.82, 2.24) is 14.6 Å². The predicted octanol–water partition coefficient (Wildman–Crippen LogP) is 6.26. The standard InChI is InChI=1S/C32H49N3O5S/c1-21-24(28(36)33-20-32(8,9)29(37)38)18-26(35(21)19-22-13-11-10-12-14-22)23-15-16-27(25(17-23)30(2,3)4)41(39,40)34-31(5,6)7/h15-18,22,34H,10-14,19-20H2,1-9H3,(H,33,36)(H,37,38). The Morgan fingerprint density at radius 1 is 0.976 bits per heavy atom. The molecule has 9 heteroatoms. The number of carboxylic acid groups (broad SMARTS) is 1. The first-order valence-electron chi connectivity index (χ1n) is 14.6. The topological polar surface area (TPSA) is 118 Å². The number of rotatable bonds is 9. The van der Waals surface area contributed by atoms with E-state index in [0.717, 1.165) is 36.3 Å². The minimum Gasteiger partial charge on any atom is -0.481 e. The van der Waals surface area contributed by atoms with Gasteiger partial charge in [0.25, 0.3) is 5.91 Å². The number of aliphatic carboxylic acids is 1. The molecule has 1 heterocycles. The largest absolute Gasteiger partial charge is 0.481 e. The number of benzene rings is 1. The van der Waals surface area contributed by atoms with Crippen molar-refractivity contribution in [2.45, 2.75) is 117 Å². The number of carbonyl (C=O) groups excluding carboxylic acids is 1. The zero-order chi connectivity index (χ0) is 31.0. The summed E-state index contributed by atoms with van der Waals surface area (Å²) in [4.78, 5) is 25.2. The highest BCUT2D eigenvalue weighted by Crippen LogP contribution is 2.36. The third-order valence-electron chi connectivity index (χ3n) is 7.86. The molecule has 1 saturated carbocycles. The normalized spacial score (nSPS) is 15.6. The molecule has 0 aliphatic heterocycles. The summed E-state index contributed by atoms with van der Waals surface area (Å²) < 4.78 is 31.8. The van der Waals surface area contributed by atoms with Gasteiger partial charge in [-0.3, -0.25) is 9.59 Å². The molecule has 3 rings (SSSR count). The van der Waals surface area contributed by atoms with Crippen molar-refractivity contribution in [3.8, 4) is 11.3 Å². The van der Waals surface area contributed by atoms with Crippen molar-refractivity contribution in [2.75, 3.05) is 6.54 Å². The first kappa shape index (κ1) is 32.9. The Balaban J connectivity index is 2.13. The van der Waals surface area contributed by atoms with Crippen molar-refractivity contribution in [3.63, 3.8) is 0 Å². The van der Waals surface area contributed by atoms with Crippen molar-refractivity contribution in [1.29, 1.82) is 0 Å². The second-order valence-electron chi connectivity index (χ2n) is 14.3. The molecule has 0 radical (unpaired) electrons. The van der Waals surface area contributed by atoms with Gasteiger partial charge in [-0.2, -0.15) is 0 Å². The van der Waals surface area contributed by atoms with Gasteiger partial charge in [-0.25, -0.2) is 13.1 Å². The molecule has 3 N–H and O–H groups in total. The number of hydrogen-bond donors (Lipinski definition) is 3. The molecule has 0 atom stereocenters. The smallest absolute Gasteiger partial charge is 0.310 e. The summed E-state index contributed by atoms with van der Waals surface area (Å²) in [6.07, 6.45) is 5.90. The highest BCUT2D eigenvalue weighted by atomic mass is 32.2. The molecule has 0 saturated heterocycles. The SMILES string of the molecule is Cc1c(C(=O)NCC(C)(C)C(=O)O)cc(-c2ccc(S(=O)(=O)NC(C)(C)C)c(C(C)(C)C)c2)n1CC1CCCCC1. The average Bonchev–Trinajstić information content (AvgIpc) is 3.16. The second kappa shape index (κ2) is 11.9. The zero-order valence-corrected chi connectivity index (χ0v) is 27.1. The van der Waals surface area contributed by atoms with Gasteiger partial charge in [0.2, 0.25) is 10.0 Å². The molecular weight excluding hydrogens is 538 g/mol. The Morgan fingerprint density at radius 3 is 2.12 bits per heavy atom. The Kier molecular flexibility index (Phi) is 9.55. The summed E-state index contributed by atoms with van der Waals surface area (Å²) in [5.74, 6) is -0.797. The second-order valence-corrected chi connectivity index (χ2v) is 16.0. The molecule has 1 aromatic carbocycles. The van der Waals surface area contributed by atoms with E-state index in [1.807, 2.05) is 66.7 Å². The van der Waals surface area contributed by atoms with Crippen molar-refractivity contribution in [2.24, 2.45) is 11.3 Å². The summed E-state index contributed by atoms with van der Waals surface area (Å²) in [6, 6.07) is 7.31. The molecule has 0 bridgehead atoms. The maximum Gasteiger partial charge on any atom is 0.310 e. The lowest BCUT2D eigenvalue weighted by atomic mass is 9.85. The summed E-state index contributed by atoms with van der Waals surface area (Å²) >= 11 is 0. The molecular formula is C32H49N3O5S. The lowest BCUT2D eigenvalue weighted by molar-refractivity contribution is -0.146. The highest BCUT2D eigenvalue weighted by molar-refractivity contribution is 7.89. The number of hydrogen-bond acceptors (Lipinski definition) is 4. The van der Waals surface area contributed by atoms with E-state index >= 15 is 0 Å². The number of sulfonamides is 1. The average molecular weight is 588 g/mol. The van der Waals surface area contributed by atoms with Crippen molar-refractivity contribution in [3.05, 3.63) is 41.1 Å². The van der Waals surface area contributed by atoms with Gasteiger partial charge in [0.05, 0.1) is 15.9 Å². The van der Waals surface area contributed by atoms with Gasteiger partial charge in [-0.15, -0.1) is 0 Å². The van der Waals surface area contributed by atoms with Gasteiger partial charge < -0.3 is 15.0 Å². The van der Waals surface area contributed by atoms with Gasteiger partial charge >= 0.3 is 5.97 Å². The van der Waals surface area contributed by atoms with E-state index in [4.69, 9.17) is 0 Å². The molecule has 1 fully saturated rings. The van der Waals surface area contributed by atoms with E-state index in [9.17, 15) is 23.1 Å². The van der Waals surface area contributed by atoms with E-state index in [2.05, 4.69) is 14.6 Å². The van der Waals surface area contributed by atoms with Crippen molar-refractivity contribution < 1.29 is 23.1 Å². The van der Waals surface area contributed by atoms with Crippen LogP contribution in [0.25, 0.3) is 11.3 Å². The number of carboxylic acids is 1. The zero-order valence-electron chi connectivity index (χ0n) is 26.3. The molecule has 1 aromatic heterocycles. The maximum absolute atomic E-state index is 13.4. The summed E-state index contributed by atoms with van der Waals surface area (Å²) in [5.41, 5.74) is 1.53. The van der Waals surface area contributed by atoms with Crippen LogP contribution in [0.1, 0.15) is 109 Å². The van der Waals surface area contributed by atoms with E-state index in [0.29, 0.717) is 17.0 Å². The van der Waals surface area contributed by atoms with Crippen LogP contribution in [0.2, 0.25) is 0 Å². The fraction of sp³-hybridized carbons (Fsp3) is 0.625. The third kappa shape index (κ3) is 8.01. The van der Waals surface area contributed by atoms with Gasteiger partial charge in [0, 0.05) is 30.0 Å². The number of carbonyl (C=O) groups is 2. The van der Waals surface area contributed by atoms with Crippen LogP contribution in [0.3, 0.4) is 0 Å². The van der Waals surface area contributed by atoms with Crippen LogP contribution in [0.4, 0.5) is 0 Å².